The van der Waals surface area contributed by atoms with Gasteiger partial charge in [-0.2, -0.15) is 0 Å². The molecule has 0 bridgehead atoms. The van der Waals surface area contributed by atoms with Crippen molar-refractivity contribution >= 4 is 0 Å². The van der Waals surface area contributed by atoms with Crippen molar-refractivity contribution < 1.29 is 9.47 Å². The average molecular weight is 271 g/mol. The van der Waals surface area contributed by atoms with Crippen molar-refractivity contribution in [3.05, 3.63) is 0 Å². The van der Waals surface area contributed by atoms with Crippen LogP contribution < -0.4 is 5.32 Å². The van der Waals surface area contributed by atoms with Crippen molar-refractivity contribution in [2.75, 3.05) is 27.3 Å². The van der Waals surface area contributed by atoms with Crippen LogP contribution in [0, 0.1) is 11.8 Å². The topological polar surface area (TPSA) is 30.5 Å². The molecular formula is C16H33NO2. The molecule has 0 amide bonds. The van der Waals surface area contributed by atoms with E-state index in [0.717, 1.165) is 19.0 Å². The van der Waals surface area contributed by atoms with Gasteiger partial charge in [-0.05, 0) is 18.9 Å². The number of hydrogen-bond donors (Lipinski definition) is 1. The van der Waals surface area contributed by atoms with Gasteiger partial charge >= 0.3 is 0 Å². The summed E-state index contributed by atoms with van der Waals surface area (Å²) < 4.78 is 10.8. The predicted octanol–water partition coefficient (Wildman–Crippen LogP) is 3.58. The minimum atomic E-state index is -0.0374. The Kier molecular flexibility index (Phi) is 9.48. The predicted molar refractivity (Wildman–Crippen MR) is 80.3 cm³/mol. The van der Waals surface area contributed by atoms with E-state index in [1.54, 1.807) is 14.2 Å². The highest BCUT2D eigenvalue weighted by molar-refractivity contribution is 4.83. The van der Waals surface area contributed by atoms with E-state index in [0.29, 0.717) is 5.92 Å². The summed E-state index contributed by atoms with van der Waals surface area (Å²) >= 11 is 0. The van der Waals surface area contributed by atoms with Gasteiger partial charge in [-0.15, -0.1) is 0 Å². The molecule has 1 rings (SSSR count). The Labute approximate surface area is 119 Å². The summed E-state index contributed by atoms with van der Waals surface area (Å²) in [6.07, 6.45) is 11.0. The van der Waals surface area contributed by atoms with Crippen LogP contribution in [0.5, 0.6) is 0 Å². The summed E-state index contributed by atoms with van der Waals surface area (Å²) in [6.45, 7) is 4.44. The van der Waals surface area contributed by atoms with E-state index in [1.165, 1.54) is 51.4 Å². The van der Waals surface area contributed by atoms with Crippen molar-refractivity contribution in [1.82, 2.24) is 5.32 Å². The molecule has 0 unspecified atom stereocenters. The van der Waals surface area contributed by atoms with E-state index in [2.05, 4.69) is 12.2 Å². The fraction of sp³-hybridized carbons (Fsp3) is 1.00. The first-order valence-corrected chi connectivity index (χ1v) is 8.09. The van der Waals surface area contributed by atoms with E-state index < -0.39 is 0 Å². The number of hydrogen-bond acceptors (Lipinski definition) is 3. The van der Waals surface area contributed by atoms with Crippen LogP contribution >= 0.6 is 0 Å². The monoisotopic (exact) mass is 271 g/mol. The zero-order chi connectivity index (χ0) is 13.9. The van der Waals surface area contributed by atoms with Crippen molar-refractivity contribution in [3.63, 3.8) is 0 Å². The quantitative estimate of drug-likeness (QED) is 0.460. The summed E-state index contributed by atoms with van der Waals surface area (Å²) in [5.74, 6) is 1.25. The van der Waals surface area contributed by atoms with Crippen molar-refractivity contribution in [2.24, 2.45) is 11.8 Å². The van der Waals surface area contributed by atoms with Gasteiger partial charge in [0.1, 0.15) is 0 Å². The molecule has 1 aliphatic heterocycles. The number of rotatable bonds is 11. The van der Waals surface area contributed by atoms with Crippen LogP contribution in [0.15, 0.2) is 0 Å². The summed E-state index contributed by atoms with van der Waals surface area (Å²) in [7, 11) is 3.49. The number of unbranched alkanes of at least 4 members (excludes halogenated alkanes) is 6. The molecule has 114 valence electrons. The largest absolute Gasteiger partial charge is 0.356 e. The van der Waals surface area contributed by atoms with Crippen LogP contribution in [-0.2, 0) is 9.47 Å². The zero-order valence-corrected chi connectivity index (χ0v) is 13.1. The Morgan fingerprint density at radius 2 is 1.58 bits per heavy atom. The molecule has 19 heavy (non-hydrogen) atoms. The van der Waals surface area contributed by atoms with Crippen LogP contribution in [0.1, 0.15) is 58.3 Å². The highest BCUT2D eigenvalue weighted by atomic mass is 16.7. The fourth-order valence-corrected chi connectivity index (χ4v) is 3.20. The van der Waals surface area contributed by atoms with Crippen LogP contribution in [0.4, 0.5) is 0 Å². The third kappa shape index (κ3) is 6.24. The van der Waals surface area contributed by atoms with E-state index >= 15 is 0 Å². The molecular weight excluding hydrogens is 238 g/mol. The lowest BCUT2D eigenvalue weighted by Gasteiger charge is -2.25. The molecule has 2 atom stereocenters. The highest BCUT2D eigenvalue weighted by Crippen LogP contribution is 2.27. The van der Waals surface area contributed by atoms with E-state index in [1.807, 2.05) is 0 Å². The molecule has 3 nitrogen and oxygen atoms in total. The van der Waals surface area contributed by atoms with Gasteiger partial charge in [-0.25, -0.2) is 0 Å². The normalized spacial score (nSPS) is 23.4. The standard InChI is InChI=1S/C16H33NO2/c1-4-5-6-7-8-9-10-11-14-12-17-13-15(14)16(18-2)19-3/h14-17H,4-13H2,1-3H3/t14-,15-/m0/s1. The number of nitrogens with one attached hydrogen (secondary N) is 1. The smallest absolute Gasteiger partial charge is 0.161 e. The van der Waals surface area contributed by atoms with E-state index in [9.17, 15) is 0 Å². The van der Waals surface area contributed by atoms with Gasteiger partial charge in [0.05, 0.1) is 0 Å². The summed E-state index contributed by atoms with van der Waals surface area (Å²) in [5.41, 5.74) is 0. The minimum absolute atomic E-state index is 0.0374. The first kappa shape index (κ1) is 16.9. The molecule has 3 heteroatoms. The fourth-order valence-electron chi connectivity index (χ4n) is 3.20. The lowest BCUT2D eigenvalue weighted by atomic mass is 9.90. The highest BCUT2D eigenvalue weighted by Gasteiger charge is 2.33. The maximum atomic E-state index is 5.42. The van der Waals surface area contributed by atoms with Gasteiger partial charge < -0.3 is 14.8 Å². The van der Waals surface area contributed by atoms with Gasteiger partial charge in [0.2, 0.25) is 0 Å². The van der Waals surface area contributed by atoms with Gasteiger partial charge in [-0.1, -0.05) is 51.9 Å². The lowest BCUT2D eigenvalue weighted by molar-refractivity contribution is -0.141. The molecule has 0 radical (unpaired) electrons. The molecule has 0 aromatic heterocycles. The number of methoxy groups -OCH3 is 2. The third-order valence-corrected chi connectivity index (χ3v) is 4.38. The van der Waals surface area contributed by atoms with Crippen molar-refractivity contribution in [2.45, 2.75) is 64.6 Å². The van der Waals surface area contributed by atoms with Crippen LogP contribution in [0.25, 0.3) is 0 Å². The zero-order valence-electron chi connectivity index (χ0n) is 13.1. The molecule has 0 saturated carbocycles. The van der Waals surface area contributed by atoms with Crippen LogP contribution in [0.2, 0.25) is 0 Å². The van der Waals surface area contributed by atoms with Gasteiger partial charge in [0.25, 0.3) is 0 Å². The van der Waals surface area contributed by atoms with Crippen LogP contribution in [0.3, 0.4) is 0 Å². The van der Waals surface area contributed by atoms with Gasteiger partial charge in [-0.3, -0.25) is 0 Å². The molecule has 1 N–H and O–H groups in total. The molecule has 0 spiro atoms. The lowest BCUT2D eigenvalue weighted by Crippen LogP contribution is -2.30. The Hall–Kier alpha value is -0.120. The van der Waals surface area contributed by atoms with E-state index in [-0.39, 0.29) is 6.29 Å². The minimum Gasteiger partial charge on any atom is -0.356 e. The van der Waals surface area contributed by atoms with Crippen molar-refractivity contribution in [1.29, 1.82) is 0 Å². The van der Waals surface area contributed by atoms with Crippen LogP contribution in [-0.4, -0.2) is 33.6 Å². The van der Waals surface area contributed by atoms with Crippen molar-refractivity contribution in [3.8, 4) is 0 Å². The first-order chi connectivity index (χ1) is 9.33. The molecule has 1 heterocycles. The molecule has 0 aromatic carbocycles. The first-order valence-electron chi connectivity index (χ1n) is 8.09. The Balaban J connectivity index is 2.10. The summed E-state index contributed by atoms with van der Waals surface area (Å²) in [6, 6.07) is 0. The Bertz CT molecular complexity index is 207. The summed E-state index contributed by atoms with van der Waals surface area (Å²) in [5, 5.41) is 3.48. The van der Waals surface area contributed by atoms with Gasteiger partial charge in [0, 0.05) is 26.7 Å². The maximum Gasteiger partial charge on any atom is 0.161 e. The Morgan fingerprint density at radius 1 is 0.947 bits per heavy atom. The summed E-state index contributed by atoms with van der Waals surface area (Å²) in [4.78, 5) is 0. The molecule has 0 aliphatic carbocycles. The molecule has 0 aromatic rings. The molecule has 1 aliphatic rings. The molecule has 1 saturated heterocycles. The Morgan fingerprint density at radius 3 is 2.21 bits per heavy atom. The molecule has 1 fully saturated rings. The third-order valence-electron chi connectivity index (χ3n) is 4.38. The second-order valence-electron chi connectivity index (χ2n) is 5.83. The van der Waals surface area contributed by atoms with Gasteiger partial charge in [0.15, 0.2) is 6.29 Å². The SMILES string of the molecule is CCCCCCCCC[C@H]1CNC[C@@H]1C(OC)OC. The second kappa shape index (κ2) is 10.6. The van der Waals surface area contributed by atoms with E-state index in [4.69, 9.17) is 9.47 Å². The average Bonchev–Trinajstić information content (AvgIpc) is 2.88. The second-order valence-corrected chi connectivity index (χ2v) is 5.83. The maximum absolute atomic E-state index is 5.42. The number of ether oxygens (including phenoxy) is 2.